The first-order valence-corrected chi connectivity index (χ1v) is 10.3. The first-order chi connectivity index (χ1) is 14.0. The lowest BCUT2D eigenvalue weighted by Gasteiger charge is -2.20. The molecule has 1 fully saturated rings. The number of carbonyl (C=O) groups is 1. The van der Waals surface area contributed by atoms with E-state index in [2.05, 4.69) is 35.3 Å². The number of nitrogens with zero attached hydrogens (tertiary/aromatic N) is 1. The third-order valence-corrected chi connectivity index (χ3v) is 5.90. The Morgan fingerprint density at radius 1 is 1.00 bits per heavy atom. The van der Waals surface area contributed by atoms with Crippen molar-refractivity contribution in [2.45, 2.75) is 32.6 Å². The van der Waals surface area contributed by atoms with Crippen molar-refractivity contribution >= 4 is 28.1 Å². The van der Waals surface area contributed by atoms with Crippen LogP contribution < -0.4 is 15.0 Å². The zero-order valence-electron chi connectivity index (χ0n) is 17.4. The molecular formula is C25H28N2O2. The Balaban J connectivity index is 1.50. The molecule has 29 heavy (non-hydrogen) atoms. The van der Waals surface area contributed by atoms with Crippen molar-refractivity contribution in [2.75, 3.05) is 30.4 Å². The van der Waals surface area contributed by atoms with Gasteiger partial charge >= 0.3 is 0 Å². The van der Waals surface area contributed by atoms with E-state index in [1.807, 2.05) is 43.3 Å². The minimum atomic E-state index is -0.237. The van der Waals surface area contributed by atoms with Crippen LogP contribution in [-0.2, 0) is 4.79 Å². The van der Waals surface area contributed by atoms with Crippen LogP contribution in [-0.4, -0.2) is 26.1 Å². The number of rotatable bonds is 5. The van der Waals surface area contributed by atoms with Gasteiger partial charge in [-0.25, -0.2) is 0 Å². The lowest BCUT2D eigenvalue weighted by molar-refractivity contribution is -0.117. The molecule has 0 spiro atoms. The molecule has 4 heteroatoms. The molecule has 0 saturated carbocycles. The summed E-state index contributed by atoms with van der Waals surface area (Å²) < 4.78 is 5.29. The number of ether oxygens (including phenoxy) is 1. The predicted octanol–water partition coefficient (Wildman–Crippen LogP) is 5.50. The SMILES string of the molecule is COc1ccc2cc([C@H](C)C(=O)Nc3ccc(N4CCCC4)cc3C)ccc2c1. The minimum absolute atomic E-state index is 0.00915. The summed E-state index contributed by atoms with van der Waals surface area (Å²) in [7, 11) is 1.67. The first kappa shape index (κ1) is 19.3. The Kier molecular flexibility index (Phi) is 5.43. The third kappa shape index (κ3) is 4.07. The summed E-state index contributed by atoms with van der Waals surface area (Å²) in [6, 6.07) is 18.5. The zero-order valence-corrected chi connectivity index (χ0v) is 17.4. The molecule has 1 amide bonds. The zero-order chi connectivity index (χ0) is 20.4. The van der Waals surface area contributed by atoms with E-state index in [1.54, 1.807) is 7.11 Å². The van der Waals surface area contributed by atoms with Gasteiger partial charge in [0.1, 0.15) is 5.75 Å². The number of carbonyl (C=O) groups excluding carboxylic acids is 1. The van der Waals surface area contributed by atoms with Gasteiger partial charge in [-0.05, 0) is 78.9 Å². The summed E-state index contributed by atoms with van der Waals surface area (Å²) in [6.07, 6.45) is 2.52. The van der Waals surface area contributed by atoms with Gasteiger partial charge in [0, 0.05) is 24.5 Å². The third-order valence-electron chi connectivity index (χ3n) is 5.90. The van der Waals surface area contributed by atoms with Gasteiger partial charge in [-0.3, -0.25) is 4.79 Å². The summed E-state index contributed by atoms with van der Waals surface area (Å²) in [5.41, 5.74) is 4.23. The van der Waals surface area contributed by atoms with Crippen LogP contribution in [0, 0.1) is 6.92 Å². The molecule has 1 saturated heterocycles. The smallest absolute Gasteiger partial charge is 0.231 e. The Labute approximate surface area is 172 Å². The molecule has 4 nitrogen and oxygen atoms in total. The Morgan fingerprint density at radius 3 is 2.45 bits per heavy atom. The quantitative estimate of drug-likeness (QED) is 0.627. The van der Waals surface area contributed by atoms with Crippen molar-refractivity contribution in [3.05, 3.63) is 65.7 Å². The highest BCUT2D eigenvalue weighted by atomic mass is 16.5. The van der Waals surface area contributed by atoms with Gasteiger partial charge in [0.2, 0.25) is 5.91 Å². The molecule has 4 rings (SSSR count). The average Bonchev–Trinajstić information content (AvgIpc) is 3.28. The van der Waals surface area contributed by atoms with Gasteiger partial charge in [-0.2, -0.15) is 0 Å². The second-order valence-corrected chi connectivity index (χ2v) is 7.88. The summed E-state index contributed by atoms with van der Waals surface area (Å²) in [6.45, 7) is 6.25. The highest BCUT2D eigenvalue weighted by molar-refractivity contribution is 5.97. The van der Waals surface area contributed by atoms with Crippen LogP contribution in [0.15, 0.2) is 54.6 Å². The predicted molar refractivity (Wildman–Crippen MR) is 120 cm³/mol. The lowest BCUT2D eigenvalue weighted by Crippen LogP contribution is -2.20. The maximum atomic E-state index is 12.9. The second kappa shape index (κ2) is 8.16. The summed E-state index contributed by atoms with van der Waals surface area (Å²) in [5, 5.41) is 5.33. The number of benzene rings is 3. The highest BCUT2D eigenvalue weighted by Crippen LogP contribution is 2.28. The van der Waals surface area contributed by atoms with E-state index in [0.717, 1.165) is 46.4 Å². The van der Waals surface area contributed by atoms with Crippen LogP contribution in [0.4, 0.5) is 11.4 Å². The van der Waals surface area contributed by atoms with Crippen molar-refractivity contribution < 1.29 is 9.53 Å². The molecule has 150 valence electrons. The number of methoxy groups -OCH3 is 1. The van der Waals surface area contributed by atoms with Crippen LogP contribution in [0.2, 0.25) is 0 Å². The molecule has 3 aromatic rings. The second-order valence-electron chi connectivity index (χ2n) is 7.88. The highest BCUT2D eigenvalue weighted by Gasteiger charge is 2.18. The summed E-state index contributed by atoms with van der Waals surface area (Å²) >= 11 is 0. The molecule has 1 aliphatic rings. The molecule has 1 atom stereocenters. The molecule has 0 radical (unpaired) electrons. The Morgan fingerprint density at radius 2 is 1.72 bits per heavy atom. The van der Waals surface area contributed by atoms with Crippen molar-refractivity contribution in [3.8, 4) is 5.75 Å². The Bertz CT molecular complexity index is 1040. The van der Waals surface area contributed by atoms with Crippen LogP contribution in [0.25, 0.3) is 10.8 Å². The van der Waals surface area contributed by atoms with Gasteiger partial charge in [-0.15, -0.1) is 0 Å². The van der Waals surface area contributed by atoms with Crippen LogP contribution in [0.1, 0.15) is 36.8 Å². The van der Waals surface area contributed by atoms with Crippen LogP contribution >= 0.6 is 0 Å². The first-order valence-electron chi connectivity index (χ1n) is 10.3. The number of aryl methyl sites for hydroxylation is 1. The standard InChI is InChI=1S/C25H28N2O2/c1-17-14-22(27-12-4-5-13-27)9-11-24(17)26-25(28)18(2)19-6-7-21-16-23(29-3)10-8-20(21)15-19/h6-11,14-16,18H,4-5,12-13H2,1-3H3,(H,26,28)/t18-/m0/s1. The molecule has 0 aromatic heterocycles. The minimum Gasteiger partial charge on any atom is -0.497 e. The number of hydrogen-bond acceptors (Lipinski definition) is 3. The molecule has 3 aromatic carbocycles. The number of fused-ring (bicyclic) bond motifs is 1. The van der Waals surface area contributed by atoms with Crippen LogP contribution in [0.5, 0.6) is 5.75 Å². The monoisotopic (exact) mass is 388 g/mol. The molecule has 0 unspecified atom stereocenters. The molecular weight excluding hydrogens is 360 g/mol. The molecule has 0 aliphatic carbocycles. The Hall–Kier alpha value is -3.01. The topological polar surface area (TPSA) is 41.6 Å². The maximum absolute atomic E-state index is 12.9. The van der Waals surface area contributed by atoms with Gasteiger partial charge < -0.3 is 15.0 Å². The van der Waals surface area contributed by atoms with Crippen molar-refractivity contribution in [3.63, 3.8) is 0 Å². The number of nitrogens with one attached hydrogen (secondary N) is 1. The average molecular weight is 389 g/mol. The summed E-state index contributed by atoms with van der Waals surface area (Å²) in [5.74, 6) is 0.609. The van der Waals surface area contributed by atoms with E-state index in [4.69, 9.17) is 4.74 Å². The van der Waals surface area contributed by atoms with Crippen molar-refractivity contribution in [2.24, 2.45) is 0 Å². The van der Waals surface area contributed by atoms with Crippen LogP contribution in [0.3, 0.4) is 0 Å². The van der Waals surface area contributed by atoms with Gasteiger partial charge in [0.05, 0.1) is 13.0 Å². The van der Waals surface area contributed by atoms with E-state index < -0.39 is 0 Å². The van der Waals surface area contributed by atoms with Crippen molar-refractivity contribution in [1.82, 2.24) is 0 Å². The molecule has 1 N–H and O–H groups in total. The van der Waals surface area contributed by atoms with E-state index >= 15 is 0 Å². The molecule has 0 bridgehead atoms. The van der Waals surface area contributed by atoms with E-state index in [-0.39, 0.29) is 11.8 Å². The maximum Gasteiger partial charge on any atom is 0.231 e. The van der Waals surface area contributed by atoms with E-state index in [9.17, 15) is 4.79 Å². The fraction of sp³-hybridized carbons (Fsp3) is 0.320. The van der Waals surface area contributed by atoms with Crippen molar-refractivity contribution in [1.29, 1.82) is 0 Å². The molecule has 1 aliphatic heterocycles. The fourth-order valence-corrected chi connectivity index (χ4v) is 3.99. The number of hydrogen-bond donors (Lipinski definition) is 1. The molecule has 1 heterocycles. The largest absolute Gasteiger partial charge is 0.497 e. The van der Waals surface area contributed by atoms with Gasteiger partial charge in [0.25, 0.3) is 0 Å². The fourth-order valence-electron chi connectivity index (χ4n) is 3.99. The lowest BCUT2D eigenvalue weighted by atomic mass is 9.96. The number of amides is 1. The normalized spacial score (nSPS) is 14.8. The van der Waals surface area contributed by atoms with Gasteiger partial charge in [0.15, 0.2) is 0 Å². The summed E-state index contributed by atoms with van der Waals surface area (Å²) in [4.78, 5) is 15.3. The van der Waals surface area contributed by atoms with Gasteiger partial charge in [-0.1, -0.05) is 24.3 Å². The van der Waals surface area contributed by atoms with E-state index in [1.165, 1.54) is 18.5 Å². The number of anilines is 2. The van der Waals surface area contributed by atoms with E-state index in [0.29, 0.717) is 0 Å².